The van der Waals surface area contributed by atoms with E-state index in [-0.39, 0.29) is 31.0 Å². The second kappa shape index (κ2) is 6.80. The molecule has 0 N–H and O–H groups in total. The van der Waals surface area contributed by atoms with Crippen molar-refractivity contribution in [2.75, 3.05) is 19.9 Å². The lowest BCUT2D eigenvalue weighted by molar-refractivity contribution is -0.141. The van der Waals surface area contributed by atoms with E-state index in [1.165, 1.54) is 0 Å². The highest BCUT2D eigenvalue weighted by Crippen LogP contribution is 2.70. The lowest BCUT2D eigenvalue weighted by atomic mass is 9.63. The predicted molar refractivity (Wildman–Crippen MR) is 115 cm³/mol. The number of rotatable bonds is 5. The average Bonchev–Trinajstić information content (AvgIpc) is 3.35. The van der Waals surface area contributed by atoms with Crippen LogP contribution in [0.3, 0.4) is 0 Å². The van der Waals surface area contributed by atoms with Gasteiger partial charge in [-0.15, -0.1) is 0 Å². The molecule has 2 bridgehead atoms. The molecule has 3 aliphatic rings. The van der Waals surface area contributed by atoms with Crippen molar-refractivity contribution >= 4 is 16.9 Å². The number of amides is 1. The molecule has 8 nitrogen and oxygen atoms in total. The molecule has 164 valence electrons. The first-order chi connectivity index (χ1) is 15.3. The van der Waals surface area contributed by atoms with Crippen LogP contribution in [0.4, 0.5) is 0 Å². The Morgan fingerprint density at radius 2 is 1.56 bits per heavy atom. The van der Waals surface area contributed by atoms with Crippen LogP contribution in [0.25, 0.3) is 11.0 Å². The molecule has 0 radical (unpaired) electrons. The first-order valence-corrected chi connectivity index (χ1v) is 11.0. The van der Waals surface area contributed by atoms with Crippen molar-refractivity contribution in [3.63, 3.8) is 0 Å². The summed E-state index contributed by atoms with van der Waals surface area (Å²) in [5.74, 6) is 1.24. The van der Waals surface area contributed by atoms with Gasteiger partial charge in [0.15, 0.2) is 11.5 Å². The first-order valence-electron chi connectivity index (χ1n) is 11.0. The molecule has 1 amide bonds. The zero-order valence-electron chi connectivity index (χ0n) is 18.6. The Hall–Kier alpha value is -3.39. The van der Waals surface area contributed by atoms with Gasteiger partial charge in [-0.3, -0.25) is 4.79 Å². The van der Waals surface area contributed by atoms with E-state index in [9.17, 15) is 4.79 Å². The van der Waals surface area contributed by atoms with Crippen LogP contribution >= 0.6 is 0 Å². The van der Waals surface area contributed by atoms with Gasteiger partial charge in [0, 0.05) is 30.6 Å². The topological polar surface area (TPSA) is 112 Å². The van der Waals surface area contributed by atoms with E-state index in [0.29, 0.717) is 36.5 Å². The van der Waals surface area contributed by atoms with Gasteiger partial charge in [-0.1, -0.05) is 20.8 Å². The van der Waals surface area contributed by atoms with Crippen LogP contribution in [0.2, 0.25) is 0 Å². The smallest absolute Gasteiger partial charge is 0.235 e. The van der Waals surface area contributed by atoms with Crippen LogP contribution < -0.4 is 9.47 Å². The quantitative estimate of drug-likeness (QED) is 0.713. The van der Waals surface area contributed by atoms with E-state index in [0.717, 1.165) is 23.3 Å². The number of hydrogen-bond donors (Lipinski definition) is 0. The zero-order valence-corrected chi connectivity index (χ0v) is 18.6. The standard InChI is InChI=1S/C24H25N5O3/c1-22(2)23(3)6-7-24(22,21(30)29(10-4-8-25)11-5-9-26)20-19(23)27-15-12-17-18(32-14-31-17)13-16(15)28-20/h12-13H,4-7,10-11,14H2,1-3H3. The van der Waals surface area contributed by atoms with E-state index in [1.807, 2.05) is 12.1 Å². The number of benzene rings is 1. The van der Waals surface area contributed by atoms with Crippen LogP contribution in [0.1, 0.15) is 57.8 Å². The highest BCUT2D eigenvalue weighted by molar-refractivity contribution is 5.93. The van der Waals surface area contributed by atoms with Crippen LogP contribution in [0.5, 0.6) is 11.5 Å². The molecule has 2 aliphatic carbocycles. The SMILES string of the molecule is CC12CCC(C(=O)N(CCC#N)CCC#N)(c3nc4cc5c(cc4nc31)OCO5)C2(C)C. The molecule has 8 heteroatoms. The zero-order chi connectivity index (χ0) is 22.7. The van der Waals surface area contributed by atoms with Crippen LogP contribution in [0, 0.1) is 28.1 Å². The third-order valence-corrected chi connectivity index (χ3v) is 8.17. The van der Waals surface area contributed by atoms with E-state index in [1.54, 1.807) is 4.90 Å². The minimum Gasteiger partial charge on any atom is -0.454 e. The Kier molecular flexibility index (Phi) is 4.36. The number of carbonyl (C=O) groups excluding carboxylic acids is 1. The molecule has 1 saturated carbocycles. The predicted octanol–water partition coefficient (Wildman–Crippen LogP) is 3.34. The number of carbonyl (C=O) groups is 1. The van der Waals surface area contributed by atoms with E-state index in [4.69, 9.17) is 30.0 Å². The number of aromatic nitrogens is 2. The van der Waals surface area contributed by atoms with Crippen molar-refractivity contribution in [2.45, 2.75) is 57.3 Å². The lowest BCUT2D eigenvalue weighted by Crippen LogP contribution is -2.53. The molecule has 32 heavy (non-hydrogen) atoms. The highest BCUT2D eigenvalue weighted by Gasteiger charge is 2.73. The van der Waals surface area contributed by atoms with Crippen molar-refractivity contribution in [1.82, 2.24) is 14.9 Å². The molecule has 1 aliphatic heterocycles. The third-order valence-electron chi connectivity index (χ3n) is 8.17. The van der Waals surface area contributed by atoms with E-state index in [2.05, 4.69) is 32.9 Å². The van der Waals surface area contributed by atoms with Gasteiger partial charge < -0.3 is 14.4 Å². The maximum atomic E-state index is 14.2. The Balaban J connectivity index is 1.69. The normalized spacial score (nSPS) is 25.9. The molecule has 2 unspecified atom stereocenters. The van der Waals surface area contributed by atoms with E-state index < -0.39 is 10.8 Å². The molecule has 1 fully saturated rings. The van der Waals surface area contributed by atoms with Crippen LogP contribution in [-0.2, 0) is 15.6 Å². The summed E-state index contributed by atoms with van der Waals surface area (Å²) in [5, 5.41) is 18.2. The number of ether oxygens (including phenoxy) is 2. The van der Waals surface area contributed by atoms with Gasteiger partial charge in [0.05, 0.1) is 52.8 Å². The Morgan fingerprint density at radius 3 is 2.12 bits per heavy atom. The molecular weight excluding hydrogens is 406 g/mol. The number of nitriles is 2. The third kappa shape index (κ3) is 2.38. The van der Waals surface area contributed by atoms with Crippen molar-refractivity contribution in [3.8, 4) is 23.6 Å². The summed E-state index contributed by atoms with van der Waals surface area (Å²) in [4.78, 5) is 25.9. The summed E-state index contributed by atoms with van der Waals surface area (Å²) in [6, 6.07) is 7.93. The van der Waals surface area contributed by atoms with Gasteiger partial charge >= 0.3 is 0 Å². The fraction of sp³-hybridized carbons (Fsp3) is 0.542. The molecular formula is C24H25N5O3. The Labute approximate surface area is 186 Å². The number of nitrogens with zero attached hydrogens (tertiary/aromatic N) is 5. The molecule has 2 aromatic rings. The summed E-state index contributed by atoms with van der Waals surface area (Å²) in [6.07, 6.45) is 1.95. The van der Waals surface area contributed by atoms with Crippen molar-refractivity contribution in [3.05, 3.63) is 23.5 Å². The largest absolute Gasteiger partial charge is 0.454 e. The van der Waals surface area contributed by atoms with Gasteiger partial charge in [-0.05, 0) is 18.3 Å². The summed E-state index contributed by atoms with van der Waals surface area (Å²) in [6.45, 7) is 7.22. The number of fused-ring (bicyclic) bond motifs is 7. The summed E-state index contributed by atoms with van der Waals surface area (Å²) in [7, 11) is 0. The van der Waals surface area contributed by atoms with Crippen molar-refractivity contribution in [2.24, 2.45) is 5.41 Å². The molecule has 5 rings (SSSR count). The second-order valence-corrected chi connectivity index (χ2v) is 9.59. The van der Waals surface area contributed by atoms with Crippen LogP contribution in [-0.4, -0.2) is 40.7 Å². The molecule has 0 saturated heterocycles. The second-order valence-electron chi connectivity index (χ2n) is 9.59. The van der Waals surface area contributed by atoms with Gasteiger partial charge in [0.1, 0.15) is 0 Å². The average molecular weight is 431 g/mol. The maximum Gasteiger partial charge on any atom is 0.235 e. The number of hydrogen-bond acceptors (Lipinski definition) is 7. The summed E-state index contributed by atoms with van der Waals surface area (Å²) >= 11 is 0. The molecule has 0 spiro atoms. The molecule has 1 aromatic carbocycles. The first kappa shape index (κ1) is 20.5. The highest BCUT2D eigenvalue weighted by atomic mass is 16.7. The van der Waals surface area contributed by atoms with Gasteiger partial charge in [-0.2, -0.15) is 10.5 Å². The van der Waals surface area contributed by atoms with Crippen molar-refractivity contribution in [1.29, 1.82) is 10.5 Å². The minimum atomic E-state index is -0.848. The minimum absolute atomic E-state index is 0.0510. The van der Waals surface area contributed by atoms with Crippen LogP contribution in [0.15, 0.2) is 12.1 Å². The van der Waals surface area contributed by atoms with Gasteiger partial charge in [0.2, 0.25) is 12.7 Å². The summed E-state index contributed by atoms with van der Waals surface area (Å²) < 4.78 is 11.0. The Bertz CT molecular complexity index is 1210. The van der Waals surface area contributed by atoms with Gasteiger partial charge in [0.25, 0.3) is 0 Å². The maximum absolute atomic E-state index is 14.2. The van der Waals surface area contributed by atoms with E-state index >= 15 is 0 Å². The lowest BCUT2D eigenvalue weighted by Gasteiger charge is -2.42. The fourth-order valence-electron chi connectivity index (χ4n) is 5.92. The Morgan fingerprint density at radius 1 is 1.00 bits per heavy atom. The molecule has 1 aromatic heterocycles. The monoisotopic (exact) mass is 431 g/mol. The summed E-state index contributed by atoms with van der Waals surface area (Å²) in [5.41, 5.74) is 1.41. The molecule has 2 atom stereocenters. The van der Waals surface area contributed by atoms with Gasteiger partial charge in [-0.25, -0.2) is 9.97 Å². The fourth-order valence-corrected chi connectivity index (χ4v) is 5.92. The van der Waals surface area contributed by atoms with Crippen molar-refractivity contribution < 1.29 is 14.3 Å². The molecule has 2 heterocycles.